The highest BCUT2D eigenvalue weighted by molar-refractivity contribution is 5.95. The van der Waals surface area contributed by atoms with Gasteiger partial charge in [-0.1, -0.05) is 43.0 Å². The maximum absolute atomic E-state index is 15.3. The van der Waals surface area contributed by atoms with Gasteiger partial charge in [-0.25, -0.2) is 23.7 Å². The molecule has 0 spiro atoms. The number of hydrogen-bond donors (Lipinski definition) is 0. The number of para-hydroxylation sites is 2. The van der Waals surface area contributed by atoms with Crippen LogP contribution in [0.1, 0.15) is 17.0 Å². The molecule has 2 aromatic heterocycles. The summed E-state index contributed by atoms with van der Waals surface area (Å²) in [6.07, 6.45) is 4.49. The topological polar surface area (TPSA) is 51.6 Å². The molecule has 4 aliphatic heterocycles. The minimum Gasteiger partial charge on any atom is -0.316 e. The standard InChI is InChI=1S/C39H27F2N7/c1-23-29-22-25(41)15-18-31(29)47-35-32(12-7-19-42-35)45(27-16-13-24(40)14-17-27)38(47)34-33(23)28-10-5-6-11-30(28)48-37-36(43-20-21-44-37)46(39(34)48)26-8-3-2-4-9-26/h2-22,33-34,38-39H,1H2. The van der Waals surface area contributed by atoms with E-state index in [4.69, 9.17) is 21.5 Å². The van der Waals surface area contributed by atoms with Crippen LogP contribution in [0.4, 0.5) is 54.7 Å². The highest BCUT2D eigenvalue weighted by atomic mass is 19.1. The average molecular weight is 632 g/mol. The van der Waals surface area contributed by atoms with Gasteiger partial charge in [0.15, 0.2) is 17.5 Å². The van der Waals surface area contributed by atoms with Crippen molar-refractivity contribution < 1.29 is 8.78 Å². The first kappa shape index (κ1) is 27.1. The molecule has 6 aromatic rings. The molecule has 10 rings (SSSR count). The van der Waals surface area contributed by atoms with Gasteiger partial charge in [-0.2, -0.15) is 0 Å². The van der Waals surface area contributed by atoms with Gasteiger partial charge in [0.05, 0.1) is 11.4 Å². The number of halogens is 2. The van der Waals surface area contributed by atoms with Gasteiger partial charge in [-0.15, -0.1) is 0 Å². The molecule has 0 saturated carbocycles. The van der Waals surface area contributed by atoms with E-state index in [1.807, 2.05) is 60.7 Å². The Hall–Kier alpha value is -6.09. The Morgan fingerprint density at radius 1 is 0.521 bits per heavy atom. The van der Waals surface area contributed by atoms with Gasteiger partial charge in [-0.05, 0) is 83.9 Å². The Bertz CT molecular complexity index is 2260. The van der Waals surface area contributed by atoms with Crippen LogP contribution in [-0.4, -0.2) is 27.3 Å². The van der Waals surface area contributed by atoms with Crippen molar-refractivity contribution in [2.75, 3.05) is 19.6 Å². The van der Waals surface area contributed by atoms with E-state index in [0.29, 0.717) is 0 Å². The fraction of sp³-hybridized carbons (Fsp3) is 0.103. The molecule has 0 fully saturated rings. The van der Waals surface area contributed by atoms with Gasteiger partial charge in [0.1, 0.15) is 24.0 Å². The molecule has 4 atom stereocenters. The lowest BCUT2D eigenvalue weighted by atomic mass is 9.72. The van der Waals surface area contributed by atoms with Crippen molar-refractivity contribution in [1.82, 2.24) is 15.0 Å². The molecule has 0 saturated heterocycles. The first-order valence-corrected chi connectivity index (χ1v) is 15.9. The molecule has 0 aliphatic carbocycles. The quantitative estimate of drug-likeness (QED) is 0.189. The van der Waals surface area contributed by atoms with Gasteiger partial charge in [0.2, 0.25) is 0 Å². The largest absolute Gasteiger partial charge is 0.316 e. The van der Waals surface area contributed by atoms with Crippen molar-refractivity contribution in [3.8, 4) is 0 Å². The van der Waals surface area contributed by atoms with Crippen molar-refractivity contribution in [3.63, 3.8) is 0 Å². The van der Waals surface area contributed by atoms with E-state index in [-0.39, 0.29) is 29.6 Å². The van der Waals surface area contributed by atoms with E-state index in [2.05, 4.69) is 43.9 Å². The van der Waals surface area contributed by atoms with Gasteiger partial charge in [0.25, 0.3) is 0 Å². The van der Waals surface area contributed by atoms with Crippen LogP contribution in [0, 0.1) is 17.6 Å². The molecule has 6 heterocycles. The minimum absolute atomic E-state index is 0.265. The van der Waals surface area contributed by atoms with Crippen LogP contribution in [0.25, 0.3) is 5.57 Å². The zero-order chi connectivity index (χ0) is 32.1. The zero-order valence-electron chi connectivity index (χ0n) is 25.5. The van der Waals surface area contributed by atoms with E-state index in [9.17, 15) is 4.39 Å². The van der Waals surface area contributed by atoms with Crippen LogP contribution < -0.4 is 19.6 Å². The van der Waals surface area contributed by atoms with Gasteiger partial charge in [0, 0.05) is 53.1 Å². The van der Waals surface area contributed by atoms with Crippen molar-refractivity contribution in [3.05, 3.63) is 157 Å². The minimum atomic E-state index is -0.407. The summed E-state index contributed by atoms with van der Waals surface area (Å²) in [5.41, 5.74) is 7.08. The molecule has 232 valence electrons. The van der Waals surface area contributed by atoms with Crippen molar-refractivity contribution in [2.45, 2.75) is 18.2 Å². The highest BCUT2D eigenvalue weighted by Gasteiger charge is 2.60. The SMILES string of the molecule is C=C1c2cc(F)ccc2N2c3ncccc3N(c3ccc(F)cc3)C2C2C1c1ccccc1N1c3nccnc3N(c3ccccc3)C21. The lowest BCUT2D eigenvalue weighted by Crippen LogP contribution is -2.59. The summed E-state index contributed by atoms with van der Waals surface area (Å²) >= 11 is 0. The molecule has 4 aliphatic rings. The second kappa shape index (κ2) is 9.95. The van der Waals surface area contributed by atoms with Crippen LogP contribution in [-0.2, 0) is 0 Å². The molecular weight excluding hydrogens is 604 g/mol. The molecule has 9 heteroatoms. The normalized spacial score (nSPS) is 21.4. The van der Waals surface area contributed by atoms with Crippen LogP contribution in [0.15, 0.2) is 134 Å². The molecule has 0 bridgehead atoms. The summed E-state index contributed by atoms with van der Waals surface area (Å²) in [6.45, 7) is 4.74. The second-order valence-corrected chi connectivity index (χ2v) is 12.5. The first-order chi connectivity index (χ1) is 23.6. The van der Waals surface area contributed by atoms with Crippen molar-refractivity contribution >= 4 is 51.5 Å². The third-order valence-corrected chi connectivity index (χ3v) is 10.1. The number of benzene rings is 4. The van der Waals surface area contributed by atoms with E-state index in [0.717, 1.165) is 62.6 Å². The molecule has 7 nitrogen and oxygen atoms in total. The fourth-order valence-corrected chi connectivity index (χ4v) is 8.37. The molecule has 0 N–H and O–H groups in total. The van der Waals surface area contributed by atoms with Crippen LogP contribution in [0.3, 0.4) is 0 Å². The number of hydrogen-bond acceptors (Lipinski definition) is 7. The van der Waals surface area contributed by atoms with E-state index in [1.165, 1.54) is 18.2 Å². The Balaban J connectivity index is 1.33. The monoisotopic (exact) mass is 631 g/mol. The van der Waals surface area contributed by atoms with Crippen molar-refractivity contribution in [2.24, 2.45) is 5.92 Å². The summed E-state index contributed by atoms with van der Waals surface area (Å²) < 4.78 is 29.7. The Labute approximate surface area is 275 Å². The molecule has 4 unspecified atom stereocenters. The van der Waals surface area contributed by atoms with Gasteiger partial charge < -0.3 is 19.6 Å². The smallest absolute Gasteiger partial charge is 0.178 e. The molecule has 4 aromatic carbocycles. The summed E-state index contributed by atoms with van der Waals surface area (Å²) in [5.74, 6) is 1.05. The van der Waals surface area contributed by atoms with Gasteiger partial charge in [-0.3, -0.25) is 0 Å². The summed E-state index contributed by atoms with van der Waals surface area (Å²) in [4.78, 5) is 23.9. The molecule has 48 heavy (non-hydrogen) atoms. The average Bonchev–Trinajstić information content (AvgIpc) is 3.62. The predicted octanol–water partition coefficient (Wildman–Crippen LogP) is 8.82. The van der Waals surface area contributed by atoms with Crippen LogP contribution in [0.5, 0.6) is 0 Å². The van der Waals surface area contributed by atoms with Gasteiger partial charge >= 0.3 is 0 Å². The summed E-state index contributed by atoms with van der Waals surface area (Å²) in [5, 5.41) is 0. The number of anilines is 8. The zero-order valence-corrected chi connectivity index (χ0v) is 25.5. The lowest BCUT2D eigenvalue weighted by Gasteiger charge is -2.50. The maximum atomic E-state index is 15.3. The number of aromatic nitrogens is 3. The highest BCUT2D eigenvalue weighted by Crippen LogP contribution is 2.64. The van der Waals surface area contributed by atoms with E-state index >= 15 is 4.39 Å². The third-order valence-electron chi connectivity index (χ3n) is 10.1. The second-order valence-electron chi connectivity index (χ2n) is 12.5. The predicted molar refractivity (Wildman–Crippen MR) is 183 cm³/mol. The fourth-order valence-electron chi connectivity index (χ4n) is 8.37. The van der Waals surface area contributed by atoms with E-state index < -0.39 is 6.17 Å². The molecule has 0 radical (unpaired) electrons. The third kappa shape index (κ3) is 3.58. The summed E-state index contributed by atoms with van der Waals surface area (Å²) in [7, 11) is 0. The van der Waals surface area contributed by atoms with Crippen molar-refractivity contribution in [1.29, 1.82) is 0 Å². The Morgan fingerprint density at radius 2 is 1.15 bits per heavy atom. The molecule has 0 amide bonds. The number of rotatable bonds is 2. The Kier molecular flexibility index (Phi) is 5.61. The lowest BCUT2D eigenvalue weighted by molar-refractivity contribution is 0.328. The summed E-state index contributed by atoms with van der Waals surface area (Å²) in [6, 6.07) is 34.1. The van der Waals surface area contributed by atoms with E-state index in [1.54, 1.807) is 24.7 Å². The first-order valence-electron chi connectivity index (χ1n) is 15.9. The maximum Gasteiger partial charge on any atom is 0.178 e. The molecular formula is C39H27F2N7. The number of pyridine rings is 1. The number of allylic oxidation sites excluding steroid dienone is 1. The number of nitrogens with zero attached hydrogens (tertiary/aromatic N) is 7. The van der Waals surface area contributed by atoms with Crippen LogP contribution >= 0.6 is 0 Å². The Morgan fingerprint density at radius 3 is 1.96 bits per heavy atom. The van der Waals surface area contributed by atoms with Crippen LogP contribution in [0.2, 0.25) is 0 Å². The number of fused-ring (bicyclic) bond motifs is 14.